The molecule has 0 amide bonds. The van der Waals surface area contributed by atoms with E-state index in [1.165, 1.54) is 6.07 Å². The van der Waals surface area contributed by atoms with Gasteiger partial charge in [-0.05, 0) is 42.9 Å². The molecule has 1 aromatic carbocycles. The van der Waals surface area contributed by atoms with Crippen LogP contribution in [0.3, 0.4) is 0 Å². The SMILES string of the molecule is CCc1ccc(S(=O)(=O)O)c(CCCCCCS(C)=O)c1. The molecule has 1 aromatic rings. The lowest BCUT2D eigenvalue weighted by molar-refractivity contribution is 0.481. The molecule has 0 aliphatic carbocycles. The highest BCUT2D eigenvalue weighted by molar-refractivity contribution is 7.86. The molecule has 0 bridgehead atoms. The maximum absolute atomic E-state index is 11.4. The quantitative estimate of drug-likeness (QED) is 0.557. The largest absolute Gasteiger partial charge is 0.294 e. The molecule has 0 aromatic heterocycles. The third kappa shape index (κ3) is 6.72. The molecular weight excluding hydrogens is 308 g/mol. The molecule has 4 nitrogen and oxygen atoms in total. The molecule has 1 rings (SSSR count). The third-order valence-electron chi connectivity index (χ3n) is 3.44. The van der Waals surface area contributed by atoms with E-state index in [1.54, 1.807) is 12.3 Å². The summed E-state index contributed by atoms with van der Waals surface area (Å²) in [6.07, 6.45) is 6.94. The lowest BCUT2D eigenvalue weighted by atomic mass is 10.0. The standard InChI is InChI=1S/C15H24O4S2/c1-3-13-9-10-15(21(17,18)19)14(12-13)8-6-4-5-7-11-20(2)16/h9-10,12H,3-8,11H2,1-2H3,(H,17,18,19). The van der Waals surface area contributed by atoms with Crippen molar-refractivity contribution in [2.75, 3.05) is 12.0 Å². The first-order valence-corrected chi connectivity index (χ1v) is 10.4. The Kier molecular flexibility index (Phi) is 7.56. The van der Waals surface area contributed by atoms with Crippen molar-refractivity contribution >= 4 is 20.9 Å². The topological polar surface area (TPSA) is 71.4 Å². The Balaban J connectivity index is 2.62. The summed E-state index contributed by atoms with van der Waals surface area (Å²) in [5, 5.41) is 0. The lowest BCUT2D eigenvalue weighted by Crippen LogP contribution is -2.04. The monoisotopic (exact) mass is 332 g/mol. The van der Waals surface area contributed by atoms with E-state index < -0.39 is 20.9 Å². The van der Waals surface area contributed by atoms with E-state index in [2.05, 4.69) is 0 Å². The van der Waals surface area contributed by atoms with E-state index in [0.717, 1.165) is 43.4 Å². The van der Waals surface area contributed by atoms with Gasteiger partial charge in [0.05, 0.1) is 4.90 Å². The van der Waals surface area contributed by atoms with Crippen molar-refractivity contribution in [2.24, 2.45) is 0 Å². The zero-order chi connectivity index (χ0) is 15.9. The van der Waals surface area contributed by atoms with Crippen LogP contribution in [0.5, 0.6) is 0 Å². The highest BCUT2D eigenvalue weighted by Crippen LogP contribution is 2.20. The molecule has 0 saturated carbocycles. The normalized spacial score (nSPS) is 13.3. The van der Waals surface area contributed by atoms with Gasteiger partial charge in [0.1, 0.15) is 0 Å². The molecule has 6 heteroatoms. The first kappa shape index (κ1) is 18.3. The smallest absolute Gasteiger partial charge is 0.282 e. The summed E-state index contributed by atoms with van der Waals surface area (Å²) in [5.74, 6) is 0.724. The molecule has 0 spiro atoms. The van der Waals surface area contributed by atoms with Crippen LogP contribution in [0, 0.1) is 0 Å². The van der Waals surface area contributed by atoms with Gasteiger partial charge in [0.25, 0.3) is 10.1 Å². The fourth-order valence-electron chi connectivity index (χ4n) is 2.27. The summed E-state index contributed by atoms with van der Waals surface area (Å²) >= 11 is 0. The minimum atomic E-state index is -4.16. The van der Waals surface area contributed by atoms with Crippen molar-refractivity contribution in [3.05, 3.63) is 29.3 Å². The Morgan fingerprint density at radius 1 is 1.14 bits per heavy atom. The van der Waals surface area contributed by atoms with Crippen LogP contribution < -0.4 is 0 Å². The van der Waals surface area contributed by atoms with Crippen LogP contribution in [0.15, 0.2) is 23.1 Å². The van der Waals surface area contributed by atoms with Gasteiger partial charge in [0.2, 0.25) is 0 Å². The Morgan fingerprint density at radius 3 is 2.38 bits per heavy atom. The van der Waals surface area contributed by atoms with Gasteiger partial charge in [-0.15, -0.1) is 0 Å². The van der Waals surface area contributed by atoms with E-state index in [1.807, 2.05) is 13.0 Å². The highest BCUT2D eigenvalue weighted by atomic mass is 32.2. The van der Waals surface area contributed by atoms with Crippen LogP contribution in [0.2, 0.25) is 0 Å². The summed E-state index contributed by atoms with van der Waals surface area (Å²) in [6.45, 7) is 2.01. The van der Waals surface area contributed by atoms with Crippen molar-refractivity contribution in [1.82, 2.24) is 0 Å². The fourth-order valence-corrected chi connectivity index (χ4v) is 3.62. The van der Waals surface area contributed by atoms with Gasteiger partial charge in [-0.3, -0.25) is 8.76 Å². The maximum atomic E-state index is 11.4. The van der Waals surface area contributed by atoms with Crippen LogP contribution in [0.25, 0.3) is 0 Å². The van der Waals surface area contributed by atoms with Gasteiger partial charge in [-0.2, -0.15) is 8.42 Å². The van der Waals surface area contributed by atoms with Crippen LogP contribution in [-0.4, -0.2) is 29.2 Å². The molecule has 0 saturated heterocycles. The number of benzene rings is 1. The molecular formula is C15H24O4S2. The van der Waals surface area contributed by atoms with Gasteiger partial charge in [0, 0.05) is 22.8 Å². The zero-order valence-electron chi connectivity index (χ0n) is 12.7. The Labute approximate surface area is 130 Å². The van der Waals surface area contributed by atoms with Crippen molar-refractivity contribution in [2.45, 2.75) is 50.3 Å². The summed E-state index contributed by atoms with van der Waals surface area (Å²) in [5.41, 5.74) is 1.76. The second-order valence-corrected chi connectivity index (χ2v) is 8.16. The van der Waals surface area contributed by atoms with Crippen LogP contribution in [0.1, 0.15) is 43.7 Å². The first-order chi connectivity index (χ1) is 9.84. The summed E-state index contributed by atoms with van der Waals surface area (Å²) < 4.78 is 43.0. The maximum Gasteiger partial charge on any atom is 0.294 e. The summed E-state index contributed by atoms with van der Waals surface area (Å²) in [6, 6.07) is 5.09. The number of hydrogen-bond acceptors (Lipinski definition) is 3. The number of unbranched alkanes of at least 4 members (excludes halogenated alkanes) is 3. The lowest BCUT2D eigenvalue weighted by Gasteiger charge is -2.09. The number of aryl methyl sites for hydroxylation is 2. The summed E-state index contributed by atoms with van der Waals surface area (Å²) in [4.78, 5) is 0.0226. The average Bonchev–Trinajstić information content (AvgIpc) is 2.41. The average molecular weight is 332 g/mol. The van der Waals surface area contributed by atoms with Crippen LogP contribution in [0.4, 0.5) is 0 Å². The Morgan fingerprint density at radius 2 is 1.81 bits per heavy atom. The Hall–Kier alpha value is -0.720. The highest BCUT2D eigenvalue weighted by Gasteiger charge is 2.15. The molecule has 120 valence electrons. The van der Waals surface area contributed by atoms with Crippen molar-refractivity contribution in [1.29, 1.82) is 0 Å². The van der Waals surface area contributed by atoms with E-state index >= 15 is 0 Å². The minimum absolute atomic E-state index is 0.0226. The molecule has 0 aliphatic rings. The second-order valence-electron chi connectivity index (χ2n) is 5.21. The van der Waals surface area contributed by atoms with Crippen molar-refractivity contribution < 1.29 is 17.2 Å². The molecule has 1 unspecified atom stereocenters. The fraction of sp³-hybridized carbons (Fsp3) is 0.600. The van der Waals surface area contributed by atoms with Crippen LogP contribution in [-0.2, 0) is 33.8 Å². The van der Waals surface area contributed by atoms with Crippen molar-refractivity contribution in [3.8, 4) is 0 Å². The Bertz CT molecular complexity index is 579. The number of rotatable bonds is 9. The molecule has 1 atom stereocenters. The van der Waals surface area contributed by atoms with Gasteiger partial charge in [-0.25, -0.2) is 0 Å². The molecule has 21 heavy (non-hydrogen) atoms. The van der Waals surface area contributed by atoms with E-state index in [-0.39, 0.29) is 4.90 Å². The second kappa shape index (κ2) is 8.66. The van der Waals surface area contributed by atoms with Gasteiger partial charge in [0.15, 0.2) is 0 Å². The van der Waals surface area contributed by atoms with E-state index in [4.69, 9.17) is 0 Å². The predicted octanol–water partition coefficient (Wildman–Crippen LogP) is 2.98. The first-order valence-electron chi connectivity index (χ1n) is 7.24. The van der Waals surface area contributed by atoms with Gasteiger partial charge >= 0.3 is 0 Å². The molecule has 1 N–H and O–H groups in total. The summed E-state index contributed by atoms with van der Waals surface area (Å²) in [7, 11) is -4.90. The van der Waals surface area contributed by atoms with Gasteiger partial charge < -0.3 is 0 Å². The number of hydrogen-bond donors (Lipinski definition) is 1. The van der Waals surface area contributed by atoms with E-state index in [0.29, 0.717) is 12.0 Å². The molecule has 0 radical (unpaired) electrons. The predicted molar refractivity (Wildman–Crippen MR) is 86.7 cm³/mol. The van der Waals surface area contributed by atoms with Crippen molar-refractivity contribution in [3.63, 3.8) is 0 Å². The molecule has 0 heterocycles. The van der Waals surface area contributed by atoms with E-state index in [9.17, 15) is 17.2 Å². The molecule has 0 aliphatic heterocycles. The van der Waals surface area contributed by atoms with Crippen LogP contribution >= 0.6 is 0 Å². The van der Waals surface area contributed by atoms with Gasteiger partial charge in [-0.1, -0.05) is 31.9 Å². The zero-order valence-corrected chi connectivity index (χ0v) is 14.3. The third-order valence-corrected chi connectivity index (χ3v) is 5.26. The molecule has 0 fully saturated rings. The minimum Gasteiger partial charge on any atom is -0.282 e.